The van der Waals surface area contributed by atoms with Crippen LogP contribution >= 0.6 is 11.3 Å². The number of amides is 1. The molecule has 3 rings (SSSR count). The summed E-state index contributed by atoms with van der Waals surface area (Å²) in [4.78, 5) is 59.3. The standard InChI is InChI=1S/C20H21N5O6S/c1-10-22-13-4-3-11(7-12(13)17(28)23-10)9-25(2)15-8-21-19(32-15)18(29)24-14(20(30)31)5-6-16(26)27/h3-4,7-8,14H,5-6,9H2,1-2H3,(H,24,29)(H,26,27)(H,30,31)(H,22,23,28)/t14-/m0/s1. The highest BCUT2D eigenvalue weighted by atomic mass is 32.1. The summed E-state index contributed by atoms with van der Waals surface area (Å²) in [6.45, 7) is 2.15. The van der Waals surface area contributed by atoms with Gasteiger partial charge < -0.3 is 25.4 Å². The Morgan fingerprint density at radius 2 is 2.03 bits per heavy atom. The summed E-state index contributed by atoms with van der Waals surface area (Å²) in [7, 11) is 1.80. The van der Waals surface area contributed by atoms with E-state index in [4.69, 9.17) is 5.11 Å². The summed E-state index contributed by atoms with van der Waals surface area (Å²) in [5, 5.41) is 21.4. The molecule has 11 nitrogen and oxygen atoms in total. The third-order valence-electron chi connectivity index (χ3n) is 4.62. The second-order valence-electron chi connectivity index (χ2n) is 7.16. The number of carboxylic acids is 2. The van der Waals surface area contributed by atoms with Gasteiger partial charge in [0.15, 0.2) is 5.01 Å². The van der Waals surface area contributed by atoms with Gasteiger partial charge in [0.1, 0.15) is 16.9 Å². The molecule has 0 radical (unpaired) electrons. The van der Waals surface area contributed by atoms with Gasteiger partial charge in [-0.1, -0.05) is 17.4 Å². The maximum atomic E-state index is 12.4. The van der Waals surface area contributed by atoms with E-state index in [0.29, 0.717) is 28.3 Å². The number of rotatable bonds is 9. The molecule has 2 heterocycles. The number of thiazole rings is 1. The molecular weight excluding hydrogens is 438 g/mol. The number of benzene rings is 1. The van der Waals surface area contributed by atoms with Crippen LogP contribution in [0.2, 0.25) is 0 Å². The van der Waals surface area contributed by atoms with Gasteiger partial charge in [-0.05, 0) is 31.0 Å². The van der Waals surface area contributed by atoms with Crippen molar-refractivity contribution in [2.45, 2.75) is 32.4 Å². The Bertz CT molecular complexity index is 1240. The van der Waals surface area contributed by atoms with Gasteiger partial charge in [-0.2, -0.15) is 0 Å². The van der Waals surface area contributed by atoms with Crippen LogP contribution in [0.1, 0.15) is 34.0 Å². The number of aryl methyl sites for hydroxylation is 1. The molecule has 1 atom stereocenters. The van der Waals surface area contributed by atoms with Crippen molar-refractivity contribution < 1.29 is 24.6 Å². The number of fused-ring (bicyclic) bond motifs is 1. The van der Waals surface area contributed by atoms with E-state index in [1.807, 2.05) is 11.0 Å². The third-order valence-corrected chi connectivity index (χ3v) is 5.73. The molecule has 0 saturated heterocycles. The predicted octanol–water partition coefficient (Wildman–Crippen LogP) is 1.37. The van der Waals surface area contributed by atoms with Crippen molar-refractivity contribution in [1.29, 1.82) is 0 Å². The zero-order valence-electron chi connectivity index (χ0n) is 17.3. The first-order chi connectivity index (χ1) is 15.1. The zero-order valence-corrected chi connectivity index (χ0v) is 18.1. The van der Waals surface area contributed by atoms with Crippen LogP contribution < -0.4 is 15.8 Å². The van der Waals surface area contributed by atoms with Crippen molar-refractivity contribution in [3.63, 3.8) is 0 Å². The van der Waals surface area contributed by atoms with Crippen molar-refractivity contribution >= 4 is 45.1 Å². The van der Waals surface area contributed by atoms with Crippen LogP contribution in [0, 0.1) is 6.92 Å². The maximum absolute atomic E-state index is 12.4. The molecule has 0 fully saturated rings. The van der Waals surface area contributed by atoms with Gasteiger partial charge in [0.2, 0.25) is 0 Å². The monoisotopic (exact) mass is 459 g/mol. The molecule has 168 valence electrons. The lowest BCUT2D eigenvalue weighted by atomic mass is 10.1. The minimum atomic E-state index is -1.32. The van der Waals surface area contributed by atoms with Gasteiger partial charge in [-0.3, -0.25) is 14.4 Å². The van der Waals surface area contributed by atoms with E-state index in [1.54, 1.807) is 26.1 Å². The summed E-state index contributed by atoms with van der Waals surface area (Å²) in [5.41, 5.74) is 1.24. The van der Waals surface area contributed by atoms with E-state index in [9.17, 15) is 24.3 Å². The van der Waals surface area contributed by atoms with Crippen LogP contribution in [0.5, 0.6) is 0 Å². The average Bonchev–Trinajstić information content (AvgIpc) is 3.21. The van der Waals surface area contributed by atoms with Crippen LogP contribution in [-0.4, -0.2) is 56.1 Å². The molecule has 12 heteroatoms. The Hall–Kier alpha value is -3.80. The van der Waals surface area contributed by atoms with Gasteiger partial charge >= 0.3 is 11.9 Å². The molecule has 3 aromatic rings. The number of aliphatic carboxylic acids is 2. The second kappa shape index (κ2) is 9.56. The molecule has 0 spiro atoms. The molecule has 32 heavy (non-hydrogen) atoms. The first-order valence-corrected chi connectivity index (χ1v) is 10.4. The second-order valence-corrected chi connectivity index (χ2v) is 8.17. The van der Waals surface area contributed by atoms with Gasteiger partial charge in [-0.15, -0.1) is 0 Å². The van der Waals surface area contributed by atoms with Gasteiger partial charge in [0.25, 0.3) is 11.5 Å². The molecule has 0 aliphatic heterocycles. The highest BCUT2D eigenvalue weighted by molar-refractivity contribution is 7.17. The minimum absolute atomic E-state index is 0.0584. The third kappa shape index (κ3) is 5.46. The van der Waals surface area contributed by atoms with Crippen molar-refractivity contribution in [3.8, 4) is 0 Å². The highest BCUT2D eigenvalue weighted by Gasteiger charge is 2.23. The molecule has 1 amide bonds. The van der Waals surface area contributed by atoms with Crippen LogP contribution in [0.15, 0.2) is 29.2 Å². The van der Waals surface area contributed by atoms with E-state index in [1.165, 1.54) is 6.20 Å². The molecule has 0 bridgehead atoms. The summed E-state index contributed by atoms with van der Waals surface area (Å²) in [5.74, 6) is -2.61. The predicted molar refractivity (Wildman–Crippen MR) is 117 cm³/mol. The Balaban J connectivity index is 1.70. The molecule has 2 aromatic heterocycles. The number of H-pyrrole nitrogens is 1. The number of anilines is 1. The van der Waals surface area contributed by atoms with Gasteiger partial charge in [0, 0.05) is 20.0 Å². The summed E-state index contributed by atoms with van der Waals surface area (Å²) < 4.78 is 0. The van der Waals surface area contributed by atoms with E-state index in [0.717, 1.165) is 16.9 Å². The Labute approximate surface area is 185 Å². The van der Waals surface area contributed by atoms with Crippen LogP contribution in [0.4, 0.5) is 5.00 Å². The highest BCUT2D eigenvalue weighted by Crippen LogP contribution is 2.24. The number of aromatic nitrogens is 3. The normalized spacial score (nSPS) is 11.8. The largest absolute Gasteiger partial charge is 0.481 e. The van der Waals surface area contributed by atoms with Crippen LogP contribution in [0.3, 0.4) is 0 Å². The topological polar surface area (TPSA) is 166 Å². The lowest BCUT2D eigenvalue weighted by Gasteiger charge is -2.16. The van der Waals surface area contributed by atoms with Gasteiger partial charge in [-0.25, -0.2) is 14.8 Å². The number of carbonyl (C=O) groups is 3. The molecule has 0 aliphatic carbocycles. The smallest absolute Gasteiger partial charge is 0.326 e. The van der Waals surface area contributed by atoms with Crippen LogP contribution in [0.25, 0.3) is 10.9 Å². The number of nitrogens with one attached hydrogen (secondary N) is 2. The molecular formula is C20H21N5O6S. The Kier molecular flexibility index (Phi) is 6.83. The average molecular weight is 459 g/mol. The zero-order chi connectivity index (χ0) is 23.4. The van der Waals surface area contributed by atoms with E-state index >= 15 is 0 Å². The molecule has 0 unspecified atom stereocenters. The number of nitrogens with zero attached hydrogens (tertiary/aromatic N) is 3. The molecule has 0 saturated carbocycles. The fourth-order valence-corrected chi connectivity index (χ4v) is 3.83. The minimum Gasteiger partial charge on any atom is -0.481 e. The molecule has 4 N–H and O–H groups in total. The molecule has 1 aromatic carbocycles. The first kappa shape index (κ1) is 22.9. The Morgan fingerprint density at radius 1 is 1.28 bits per heavy atom. The lowest BCUT2D eigenvalue weighted by Crippen LogP contribution is -2.41. The van der Waals surface area contributed by atoms with Crippen molar-refractivity contribution in [3.05, 3.63) is 51.1 Å². The van der Waals surface area contributed by atoms with E-state index in [2.05, 4.69) is 20.3 Å². The maximum Gasteiger partial charge on any atom is 0.326 e. The van der Waals surface area contributed by atoms with Crippen LogP contribution in [-0.2, 0) is 16.1 Å². The number of carboxylic acid groups (broad SMARTS) is 2. The number of hydrogen-bond donors (Lipinski definition) is 4. The number of carbonyl (C=O) groups excluding carboxylic acids is 1. The Morgan fingerprint density at radius 3 is 2.72 bits per heavy atom. The fraction of sp³-hybridized carbons (Fsp3) is 0.300. The van der Waals surface area contributed by atoms with E-state index in [-0.39, 0.29) is 23.4 Å². The first-order valence-electron chi connectivity index (χ1n) is 9.56. The van der Waals surface area contributed by atoms with Crippen molar-refractivity contribution in [2.75, 3.05) is 11.9 Å². The molecule has 0 aliphatic rings. The summed E-state index contributed by atoms with van der Waals surface area (Å²) >= 11 is 1.07. The summed E-state index contributed by atoms with van der Waals surface area (Å²) in [6, 6.07) is 4.07. The van der Waals surface area contributed by atoms with E-state index < -0.39 is 23.9 Å². The van der Waals surface area contributed by atoms with Crippen molar-refractivity contribution in [2.24, 2.45) is 0 Å². The van der Waals surface area contributed by atoms with Crippen molar-refractivity contribution in [1.82, 2.24) is 20.3 Å². The fourth-order valence-electron chi connectivity index (χ4n) is 3.05. The number of hydrogen-bond acceptors (Lipinski definition) is 8. The van der Waals surface area contributed by atoms with Gasteiger partial charge in [0.05, 0.1) is 17.1 Å². The SMILES string of the molecule is Cc1nc2ccc(CN(C)c3cnc(C(=O)N[C@@H](CCC(=O)O)C(=O)O)s3)cc2c(=O)[nH]1. The quantitative estimate of drug-likeness (QED) is 0.370. The summed E-state index contributed by atoms with van der Waals surface area (Å²) in [6.07, 6.45) is 0.877. The lowest BCUT2D eigenvalue weighted by molar-refractivity contribution is -0.140. The number of aromatic amines is 1.